The number of rotatable bonds is 8. The fourth-order valence-corrected chi connectivity index (χ4v) is 5.01. The number of benzene rings is 3. The zero-order valence-electron chi connectivity index (χ0n) is 21.1. The summed E-state index contributed by atoms with van der Waals surface area (Å²) in [5.74, 6) is -0.0713. The van der Waals surface area contributed by atoms with E-state index in [1.807, 2.05) is 68.4 Å². The van der Waals surface area contributed by atoms with Crippen LogP contribution >= 0.6 is 0 Å². The van der Waals surface area contributed by atoms with Gasteiger partial charge in [-0.2, -0.15) is 0 Å². The Morgan fingerprint density at radius 2 is 1.89 bits per heavy atom. The normalized spacial score (nSPS) is 17.6. The largest absolute Gasteiger partial charge is 0.493 e. The molecule has 0 aliphatic carbocycles. The van der Waals surface area contributed by atoms with E-state index < -0.39 is 6.10 Å². The molecule has 7 nitrogen and oxygen atoms in total. The maximum atomic E-state index is 13.3. The maximum Gasteiger partial charge on any atom is 0.255 e. The van der Waals surface area contributed by atoms with Gasteiger partial charge in [-0.15, -0.1) is 0 Å². The quantitative estimate of drug-likeness (QED) is 0.493. The van der Waals surface area contributed by atoms with Crippen LogP contribution in [0.1, 0.15) is 62.9 Å². The molecule has 0 spiro atoms. The first-order chi connectivity index (χ1) is 18.0. The highest BCUT2D eigenvalue weighted by Crippen LogP contribution is 2.35. The summed E-state index contributed by atoms with van der Waals surface area (Å²) < 4.78 is 5.76. The summed E-state index contributed by atoms with van der Waals surface area (Å²) in [6, 6.07) is 20.8. The minimum atomic E-state index is -0.831. The molecule has 0 fully saturated rings. The molecule has 3 aromatic rings. The van der Waals surface area contributed by atoms with Crippen LogP contribution in [0.2, 0.25) is 0 Å². The molecule has 5 rings (SSSR count). The average Bonchev–Trinajstić information content (AvgIpc) is 3.26. The van der Waals surface area contributed by atoms with Crippen molar-refractivity contribution in [3.63, 3.8) is 0 Å². The van der Waals surface area contributed by atoms with Crippen LogP contribution in [-0.4, -0.2) is 53.3 Å². The van der Waals surface area contributed by atoms with E-state index in [0.29, 0.717) is 36.4 Å². The lowest BCUT2D eigenvalue weighted by Gasteiger charge is -2.24. The predicted octanol–water partition coefficient (Wildman–Crippen LogP) is 3.94. The summed E-state index contributed by atoms with van der Waals surface area (Å²) in [5, 5.41) is 13.6. The molecule has 7 heteroatoms. The van der Waals surface area contributed by atoms with Crippen LogP contribution in [0.5, 0.6) is 5.75 Å². The number of hydrogen-bond acceptors (Lipinski definition) is 5. The van der Waals surface area contributed by atoms with Gasteiger partial charge in [0, 0.05) is 24.9 Å². The Labute approximate surface area is 216 Å². The lowest BCUT2D eigenvalue weighted by Crippen LogP contribution is -2.40. The van der Waals surface area contributed by atoms with Crippen molar-refractivity contribution in [3.8, 4) is 5.75 Å². The van der Waals surface area contributed by atoms with E-state index in [1.54, 1.807) is 23.2 Å². The molecule has 3 atom stereocenters. The van der Waals surface area contributed by atoms with Gasteiger partial charge in [0.25, 0.3) is 11.8 Å². The summed E-state index contributed by atoms with van der Waals surface area (Å²) in [5.41, 5.74) is 4.93. The molecule has 2 aliphatic heterocycles. The van der Waals surface area contributed by atoms with Gasteiger partial charge in [-0.3, -0.25) is 14.6 Å². The number of fused-ring (bicyclic) bond motifs is 2. The number of amides is 2. The Hall–Kier alpha value is -3.97. The number of carbonyl (C=O) groups is 2. The zero-order chi connectivity index (χ0) is 25.9. The molecule has 2 N–H and O–H groups in total. The van der Waals surface area contributed by atoms with Crippen molar-refractivity contribution >= 4 is 18.0 Å². The number of ether oxygens (including phenoxy) is 1. The third-order valence-corrected chi connectivity index (χ3v) is 7.14. The van der Waals surface area contributed by atoms with E-state index in [2.05, 4.69) is 10.3 Å². The van der Waals surface area contributed by atoms with Crippen LogP contribution in [0.25, 0.3) is 0 Å². The highest BCUT2D eigenvalue weighted by atomic mass is 16.5. The third-order valence-electron chi connectivity index (χ3n) is 7.14. The fourth-order valence-electron chi connectivity index (χ4n) is 5.01. The van der Waals surface area contributed by atoms with Crippen molar-refractivity contribution < 1.29 is 19.4 Å². The van der Waals surface area contributed by atoms with Crippen LogP contribution in [0.15, 0.2) is 71.7 Å². The molecule has 0 aromatic heterocycles. The smallest absolute Gasteiger partial charge is 0.255 e. The summed E-state index contributed by atoms with van der Waals surface area (Å²) in [6.07, 6.45) is 1.56. The molecule has 0 bridgehead atoms. The SMILES string of the molecule is CCOc1cc2c(cc1C(=O)NC[C@@H](O)[C@@H]1Cc3ccccc3C=N1)CN(C(C)c1ccccc1)C2=O. The van der Waals surface area contributed by atoms with Gasteiger partial charge in [0.2, 0.25) is 0 Å². The standard InChI is InChI=1S/C30H31N3O4/c1-3-37-28-15-24-23(18-33(30(24)36)19(2)20-9-5-4-6-10-20)13-25(28)29(35)32-17-27(34)26-14-21-11-7-8-12-22(21)16-31-26/h4-13,15-16,19,26-27,34H,3,14,17-18H2,1-2H3,(H,32,35)/t19?,26-,27+/m0/s1. The number of aliphatic hydroxyl groups is 1. The Morgan fingerprint density at radius 1 is 1.14 bits per heavy atom. The van der Waals surface area contributed by atoms with Crippen LogP contribution in [0.4, 0.5) is 0 Å². The van der Waals surface area contributed by atoms with Gasteiger partial charge in [0.05, 0.1) is 30.4 Å². The molecule has 37 heavy (non-hydrogen) atoms. The van der Waals surface area contributed by atoms with Gasteiger partial charge in [0.15, 0.2) is 0 Å². The topological polar surface area (TPSA) is 91.2 Å². The lowest BCUT2D eigenvalue weighted by atomic mass is 9.95. The number of nitrogens with one attached hydrogen (secondary N) is 1. The van der Waals surface area contributed by atoms with Crippen molar-refractivity contribution in [2.45, 2.75) is 45.0 Å². The first-order valence-electron chi connectivity index (χ1n) is 12.7. The minimum absolute atomic E-state index is 0.0573. The fraction of sp³-hybridized carbons (Fsp3) is 0.300. The molecule has 2 amide bonds. The van der Waals surface area contributed by atoms with Gasteiger partial charge in [-0.1, -0.05) is 54.6 Å². The molecule has 0 saturated carbocycles. The molecular weight excluding hydrogens is 466 g/mol. The van der Waals surface area contributed by atoms with Crippen LogP contribution < -0.4 is 10.1 Å². The summed E-state index contributed by atoms with van der Waals surface area (Å²) >= 11 is 0. The van der Waals surface area contributed by atoms with Crippen molar-refractivity contribution in [2.75, 3.05) is 13.2 Å². The van der Waals surface area contributed by atoms with Crippen LogP contribution in [0.3, 0.4) is 0 Å². The van der Waals surface area contributed by atoms with Crippen molar-refractivity contribution in [1.82, 2.24) is 10.2 Å². The van der Waals surface area contributed by atoms with Gasteiger partial charge in [-0.05, 0) is 54.7 Å². The molecule has 3 aromatic carbocycles. The Balaban J connectivity index is 1.30. The van der Waals surface area contributed by atoms with Crippen LogP contribution in [0, 0.1) is 0 Å². The molecule has 0 radical (unpaired) electrons. The first kappa shape index (κ1) is 24.7. The number of hydrogen-bond donors (Lipinski definition) is 2. The molecule has 0 saturated heterocycles. The molecule has 190 valence electrons. The van der Waals surface area contributed by atoms with E-state index in [4.69, 9.17) is 4.74 Å². The average molecular weight is 498 g/mol. The number of aliphatic hydroxyl groups excluding tert-OH is 1. The molecular formula is C30H31N3O4. The van der Waals surface area contributed by atoms with Crippen molar-refractivity contribution in [3.05, 3.63) is 100 Å². The van der Waals surface area contributed by atoms with Gasteiger partial charge in [0.1, 0.15) is 5.75 Å². The first-order valence-corrected chi connectivity index (χ1v) is 12.7. The zero-order valence-corrected chi connectivity index (χ0v) is 21.1. The number of nitrogens with zero attached hydrogens (tertiary/aromatic N) is 2. The second-order valence-corrected chi connectivity index (χ2v) is 9.48. The second kappa shape index (κ2) is 10.6. The summed E-state index contributed by atoms with van der Waals surface area (Å²) in [4.78, 5) is 32.7. The minimum Gasteiger partial charge on any atom is -0.493 e. The van der Waals surface area contributed by atoms with E-state index in [1.165, 1.54) is 0 Å². The highest BCUT2D eigenvalue weighted by Gasteiger charge is 2.33. The van der Waals surface area contributed by atoms with E-state index in [-0.39, 0.29) is 30.4 Å². The van der Waals surface area contributed by atoms with E-state index in [9.17, 15) is 14.7 Å². The Bertz CT molecular complexity index is 1340. The molecule has 2 heterocycles. The van der Waals surface area contributed by atoms with Crippen molar-refractivity contribution in [1.29, 1.82) is 0 Å². The highest BCUT2D eigenvalue weighted by molar-refractivity contribution is 6.03. The monoisotopic (exact) mass is 497 g/mol. The van der Waals surface area contributed by atoms with Crippen molar-refractivity contribution in [2.24, 2.45) is 4.99 Å². The Morgan fingerprint density at radius 3 is 2.68 bits per heavy atom. The van der Waals surface area contributed by atoms with Gasteiger partial charge >= 0.3 is 0 Å². The Kier molecular flexibility index (Phi) is 7.06. The van der Waals surface area contributed by atoms with E-state index >= 15 is 0 Å². The number of aliphatic imine (C=N–C) groups is 1. The number of carbonyl (C=O) groups excluding carboxylic acids is 2. The predicted molar refractivity (Wildman–Crippen MR) is 142 cm³/mol. The van der Waals surface area contributed by atoms with E-state index in [0.717, 1.165) is 22.3 Å². The molecule has 1 unspecified atom stereocenters. The van der Waals surface area contributed by atoms with Gasteiger partial charge in [-0.25, -0.2) is 0 Å². The van der Waals surface area contributed by atoms with Gasteiger partial charge < -0.3 is 20.1 Å². The maximum absolute atomic E-state index is 13.3. The second-order valence-electron chi connectivity index (χ2n) is 9.48. The molecule has 2 aliphatic rings. The summed E-state index contributed by atoms with van der Waals surface area (Å²) in [7, 11) is 0. The van der Waals surface area contributed by atoms with Crippen LogP contribution in [-0.2, 0) is 13.0 Å². The summed E-state index contributed by atoms with van der Waals surface area (Å²) in [6.45, 7) is 4.67. The third kappa shape index (κ3) is 5.00. The lowest BCUT2D eigenvalue weighted by molar-refractivity contribution is 0.0715.